The highest BCUT2D eigenvalue weighted by Gasteiger charge is 2.12. The normalized spacial score (nSPS) is 14.4. The van der Waals surface area contributed by atoms with Crippen molar-refractivity contribution in [3.05, 3.63) is 41.0 Å². The second-order valence-electron chi connectivity index (χ2n) is 3.96. The summed E-state index contributed by atoms with van der Waals surface area (Å²) in [4.78, 5) is 11.3. The summed E-state index contributed by atoms with van der Waals surface area (Å²) < 4.78 is 0. The number of hydrogen-bond donors (Lipinski definition) is 2. The summed E-state index contributed by atoms with van der Waals surface area (Å²) in [6, 6.07) is 6.22. The van der Waals surface area contributed by atoms with Gasteiger partial charge in [-0.1, -0.05) is 18.2 Å². The van der Waals surface area contributed by atoms with Gasteiger partial charge in [-0.3, -0.25) is 4.79 Å². The van der Waals surface area contributed by atoms with E-state index < -0.39 is 0 Å². The second-order valence-corrected chi connectivity index (χ2v) is 3.96. The Balaban J connectivity index is 2.11. The van der Waals surface area contributed by atoms with Gasteiger partial charge in [0.25, 0.3) is 0 Å². The monoisotopic (exact) mass is 229 g/mol. The van der Waals surface area contributed by atoms with Crippen LogP contribution in [0, 0.1) is 0 Å². The largest absolute Gasteiger partial charge is 0.322 e. The number of amides is 1. The van der Waals surface area contributed by atoms with Crippen LogP contribution in [0.1, 0.15) is 23.1 Å². The molecule has 17 heavy (non-hydrogen) atoms. The molecule has 0 atom stereocenters. The fourth-order valence-corrected chi connectivity index (χ4v) is 2.12. The standard InChI is InChI=1S/C13H15N3O/c14-16-9-15-13(17)8-7-11-4-1-3-10-5-2-6-12(10)11/h1,3-4,7-9H,2,5-6,14H2,(H,15,16,17). The van der Waals surface area contributed by atoms with Gasteiger partial charge in [0.1, 0.15) is 6.34 Å². The third kappa shape index (κ3) is 2.72. The van der Waals surface area contributed by atoms with Crippen LogP contribution >= 0.6 is 0 Å². The lowest BCUT2D eigenvalue weighted by Gasteiger charge is -2.03. The first-order valence-corrected chi connectivity index (χ1v) is 5.62. The van der Waals surface area contributed by atoms with Crippen LogP contribution in [0.25, 0.3) is 6.08 Å². The van der Waals surface area contributed by atoms with E-state index >= 15 is 0 Å². The molecule has 0 saturated heterocycles. The molecule has 1 amide bonds. The SMILES string of the molecule is N/N=C/NC(=O)C=Cc1cccc2c1CCC2. The number of carbonyl (C=O) groups excluding carboxylic acids is 1. The number of fused-ring (bicyclic) bond motifs is 1. The minimum absolute atomic E-state index is 0.227. The first kappa shape index (κ1) is 11.4. The summed E-state index contributed by atoms with van der Waals surface area (Å²) in [7, 11) is 0. The lowest BCUT2D eigenvalue weighted by molar-refractivity contribution is -0.115. The van der Waals surface area contributed by atoms with E-state index in [1.165, 1.54) is 30.0 Å². The van der Waals surface area contributed by atoms with Crippen molar-refractivity contribution in [2.75, 3.05) is 0 Å². The average molecular weight is 229 g/mol. The Morgan fingerprint density at radius 2 is 2.29 bits per heavy atom. The molecule has 1 aliphatic rings. The Morgan fingerprint density at radius 3 is 3.12 bits per heavy atom. The molecule has 88 valence electrons. The number of carbonyl (C=O) groups is 1. The van der Waals surface area contributed by atoms with Gasteiger partial charge in [0.15, 0.2) is 0 Å². The second kappa shape index (κ2) is 5.30. The van der Waals surface area contributed by atoms with E-state index in [-0.39, 0.29) is 5.91 Å². The Morgan fingerprint density at radius 1 is 1.41 bits per heavy atom. The van der Waals surface area contributed by atoms with Crippen molar-refractivity contribution in [1.82, 2.24) is 5.32 Å². The van der Waals surface area contributed by atoms with Crippen LogP contribution < -0.4 is 11.2 Å². The maximum absolute atomic E-state index is 11.3. The first-order valence-electron chi connectivity index (χ1n) is 5.62. The highest BCUT2D eigenvalue weighted by atomic mass is 16.1. The molecule has 1 aromatic carbocycles. The van der Waals surface area contributed by atoms with Crippen LogP contribution in [0.4, 0.5) is 0 Å². The lowest BCUT2D eigenvalue weighted by Crippen LogP contribution is -2.19. The average Bonchev–Trinajstić information content (AvgIpc) is 2.82. The van der Waals surface area contributed by atoms with Gasteiger partial charge in [-0.15, -0.1) is 0 Å². The molecule has 0 spiro atoms. The molecule has 4 heteroatoms. The summed E-state index contributed by atoms with van der Waals surface area (Å²) in [6.45, 7) is 0. The minimum Gasteiger partial charge on any atom is -0.322 e. The Hall–Kier alpha value is -2.10. The van der Waals surface area contributed by atoms with Crippen molar-refractivity contribution in [2.45, 2.75) is 19.3 Å². The van der Waals surface area contributed by atoms with Gasteiger partial charge in [0.2, 0.25) is 5.91 Å². The van der Waals surface area contributed by atoms with Crippen LogP contribution in [0.15, 0.2) is 29.4 Å². The number of hydrazone groups is 1. The smallest absolute Gasteiger partial charge is 0.249 e. The molecule has 0 fully saturated rings. The molecule has 1 aromatic rings. The molecule has 1 aliphatic carbocycles. The quantitative estimate of drug-likeness (QED) is 0.269. The number of rotatable bonds is 3. The van der Waals surface area contributed by atoms with E-state index in [0.717, 1.165) is 18.4 Å². The molecule has 0 bridgehead atoms. The molecule has 4 nitrogen and oxygen atoms in total. The van der Waals surface area contributed by atoms with E-state index in [1.54, 1.807) is 0 Å². The Kier molecular flexibility index (Phi) is 3.55. The highest BCUT2D eigenvalue weighted by molar-refractivity contribution is 5.98. The summed E-state index contributed by atoms with van der Waals surface area (Å²) in [5.41, 5.74) is 3.89. The molecule has 0 saturated carbocycles. The zero-order valence-electron chi connectivity index (χ0n) is 9.52. The van der Waals surface area contributed by atoms with E-state index in [4.69, 9.17) is 5.84 Å². The zero-order valence-corrected chi connectivity index (χ0v) is 9.52. The van der Waals surface area contributed by atoms with Gasteiger partial charge < -0.3 is 11.2 Å². The maximum Gasteiger partial charge on any atom is 0.249 e. The molecule has 0 unspecified atom stereocenters. The fraction of sp³-hybridized carbons (Fsp3) is 0.231. The van der Waals surface area contributed by atoms with Crippen molar-refractivity contribution in [3.8, 4) is 0 Å². The minimum atomic E-state index is -0.227. The summed E-state index contributed by atoms with van der Waals surface area (Å²) in [5.74, 6) is 4.66. The van der Waals surface area contributed by atoms with Crippen molar-refractivity contribution in [2.24, 2.45) is 10.9 Å². The Bertz CT molecular complexity index is 478. The van der Waals surface area contributed by atoms with Crippen LogP contribution in [0.3, 0.4) is 0 Å². The number of nitrogens with zero attached hydrogens (tertiary/aromatic N) is 1. The summed E-state index contributed by atoms with van der Waals surface area (Å²) in [5, 5.41) is 5.63. The van der Waals surface area contributed by atoms with Gasteiger partial charge in [0.05, 0.1) is 0 Å². The first-order chi connectivity index (χ1) is 8.31. The van der Waals surface area contributed by atoms with E-state index in [0.29, 0.717) is 0 Å². The summed E-state index contributed by atoms with van der Waals surface area (Å²) >= 11 is 0. The zero-order chi connectivity index (χ0) is 12.1. The van der Waals surface area contributed by atoms with Crippen molar-refractivity contribution in [1.29, 1.82) is 0 Å². The van der Waals surface area contributed by atoms with Gasteiger partial charge in [-0.25, -0.2) is 0 Å². The van der Waals surface area contributed by atoms with Crippen molar-refractivity contribution in [3.63, 3.8) is 0 Å². The predicted octanol–water partition coefficient (Wildman–Crippen LogP) is 1.21. The number of benzene rings is 1. The predicted molar refractivity (Wildman–Crippen MR) is 68.3 cm³/mol. The van der Waals surface area contributed by atoms with Gasteiger partial charge in [0, 0.05) is 6.08 Å². The van der Waals surface area contributed by atoms with Crippen molar-refractivity contribution < 1.29 is 4.79 Å². The van der Waals surface area contributed by atoms with Crippen LogP contribution in [-0.2, 0) is 17.6 Å². The van der Waals surface area contributed by atoms with Crippen LogP contribution in [0.5, 0.6) is 0 Å². The van der Waals surface area contributed by atoms with Gasteiger partial charge >= 0.3 is 0 Å². The molecular formula is C13H15N3O. The third-order valence-corrected chi connectivity index (χ3v) is 2.88. The molecular weight excluding hydrogens is 214 g/mol. The number of nitrogens with one attached hydrogen (secondary N) is 1. The lowest BCUT2D eigenvalue weighted by atomic mass is 10.0. The molecule has 3 N–H and O–H groups in total. The number of aryl methyl sites for hydroxylation is 1. The molecule has 2 rings (SSSR count). The van der Waals surface area contributed by atoms with Crippen LogP contribution in [0.2, 0.25) is 0 Å². The third-order valence-electron chi connectivity index (χ3n) is 2.88. The maximum atomic E-state index is 11.3. The van der Waals surface area contributed by atoms with Gasteiger partial charge in [-0.05, 0) is 42.0 Å². The number of hydrogen-bond acceptors (Lipinski definition) is 3. The van der Waals surface area contributed by atoms with Crippen LogP contribution in [-0.4, -0.2) is 12.2 Å². The van der Waals surface area contributed by atoms with Crippen molar-refractivity contribution >= 4 is 18.3 Å². The topological polar surface area (TPSA) is 67.5 Å². The molecule has 0 aromatic heterocycles. The van der Waals surface area contributed by atoms with E-state index in [9.17, 15) is 4.79 Å². The van der Waals surface area contributed by atoms with E-state index in [1.807, 2.05) is 18.2 Å². The molecule has 0 aliphatic heterocycles. The summed E-state index contributed by atoms with van der Waals surface area (Å²) in [6.07, 6.45) is 7.94. The van der Waals surface area contributed by atoms with E-state index in [2.05, 4.69) is 16.5 Å². The van der Waals surface area contributed by atoms with Gasteiger partial charge in [-0.2, -0.15) is 5.10 Å². The molecule has 0 heterocycles. The highest BCUT2D eigenvalue weighted by Crippen LogP contribution is 2.25. The fourth-order valence-electron chi connectivity index (χ4n) is 2.12. The molecule has 0 radical (unpaired) electrons. The number of nitrogens with two attached hydrogens (primary N) is 1. The Labute approximate surface area is 100 Å².